The van der Waals surface area contributed by atoms with E-state index in [0.29, 0.717) is 11.3 Å². The highest BCUT2D eigenvalue weighted by Crippen LogP contribution is 2.32. The van der Waals surface area contributed by atoms with E-state index in [1.54, 1.807) is 30.5 Å². The molecule has 10 heteroatoms. The van der Waals surface area contributed by atoms with Crippen LogP contribution in [-0.2, 0) is 30.2 Å². The molecule has 3 aromatic rings. The van der Waals surface area contributed by atoms with Crippen LogP contribution >= 0.6 is 0 Å². The van der Waals surface area contributed by atoms with Crippen molar-refractivity contribution in [2.75, 3.05) is 5.32 Å². The molecule has 2 aromatic heterocycles. The van der Waals surface area contributed by atoms with Crippen molar-refractivity contribution in [2.45, 2.75) is 71.0 Å². The van der Waals surface area contributed by atoms with Crippen LogP contribution < -0.4 is 11.1 Å². The van der Waals surface area contributed by atoms with Crippen molar-refractivity contribution >= 4 is 17.5 Å². The Morgan fingerprint density at radius 1 is 1.09 bits per heavy atom. The number of nitrogens with one attached hydrogen (secondary N) is 1. The molecule has 0 atom stereocenters. The molecule has 0 aliphatic rings. The van der Waals surface area contributed by atoms with Crippen molar-refractivity contribution in [3.63, 3.8) is 0 Å². The average molecular weight is 489 g/mol. The Morgan fingerprint density at radius 2 is 1.77 bits per heavy atom. The van der Waals surface area contributed by atoms with Crippen LogP contribution in [0.5, 0.6) is 0 Å². The lowest BCUT2D eigenvalue weighted by molar-refractivity contribution is -0.138. The van der Waals surface area contributed by atoms with E-state index in [4.69, 9.17) is 5.73 Å². The van der Waals surface area contributed by atoms with Crippen molar-refractivity contribution in [1.29, 1.82) is 0 Å². The number of hydrogen-bond acceptors (Lipinski definition) is 5. The highest BCUT2D eigenvalue weighted by Gasteiger charge is 2.35. The number of carbonyl (C=O) groups excluding carboxylic acids is 1. The van der Waals surface area contributed by atoms with Crippen LogP contribution in [0.1, 0.15) is 68.0 Å². The minimum atomic E-state index is -4.58. The van der Waals surface area contributed by atoms with E-state index in [1.165, 1.54) is 0 Å². The number of aromatic nitrogens is 4. The first kappa shape index (κ1) is 26.2. The van der Waals surface area contributed by atoms with Crippen LogP contribution in [0.2, 0.25) is 0 Å². The van der Waals surface area contributed by atoms with Crippen molar-refractivity contribution < 1.29 is 18.0 Å². The number of rotatable bonds is 12. The Kier molecular flexibility index (Phi) is 8.84. The molecule has 2 heterocycles. The molecule has 1 amide bonds. The molecule has 0 saturated carbocycles. The molecule has 0 aliphatic carbocycles. The molecule has 0 spiro atoms. The van der Waals surface area contributed by atoms with E-state index >= 15 is 0 Å². The summed E-state index contributed by atoms with van der Waals surface area (Å²) in [4.78, 5) is 19.4. The van der Waals surface area contributed by atoms with Gasteiger partial charge in [-0.1, -0.05) is 51.0 Å². The fourth-order valence-electron chi connectivity index (χ4n) is 4.13. The van der Waals surface area contributed by atoms with Crippen LogP contribution in [0.25, 0.3) is 0 Å². The van der Waals surface area contributed by atoms with Gasteiger partial charge in [0.05, 0.1) is 35.6 Å². The van der Waals surface area contributed by atoms with Gasteiger partial charge in [-0.2, -0.15) is 18.3 Å². The fourth-order valence-corrected chi connectivity index (χ4v) is 4.13. The lowest BCUT2D eigenvalue weighted by Crippen LogP contribution is -2.16. The average Bonchev–Trinajstić information content (AvgIpc) is 3.25. The van der Waals surface area contributed by atoms with Gasteiger partial charge in [0.25, 0.3) is 0 Å². The zero-order valence-corrected chi connectivity index (χ0v) is 20.0. The molecule has 0 fully saturated rings. The van der Waals surface area contributed by atoms with Crippen LogP contribution in [-0.4, -0.2) is 25.7 Å². The normalized spacial score (nSPS) is 11.7. The largest absolute Gasteiger partial charge is 0.419 e. The summed E-state index contributed by atoms with van der Waals surface area (Å²) in [5.74, 6) is -0.428. The molecule has 0 saturated heterocycles. The second-order valence-electron chi connectivity index (χ2n) is 8.53. The maximum Gasteiger partial charge on any atom is 0.419 e. The van der Waals surface area contributed by atoms with E-state index in [0.717, 1.165) is 37.4 Å². The molecule has 0 unspecified atom stereocenters. The highest BCUT2D eigenvalue weighted by atomic mass is 19.4. The first-order valence-corrected chi connectivity index (χ1v) is 11.8. The number of anilines is 2. The minimum absolute atomic E-state index is 0.0240. The molecule has 188 valence electrons. The van der Waals surface area contributed by atoms with E-state index in [9.17, 15) is 18.0 Å². The van der Waals surface area contributed by atoms with Crippen molar-refractivity contribution in [3.05, 3.63) is 65.2 Å². The molecule has 3 N–H and O–H groups in total. The van der Waals surface area contributed by atoms with Crippen molar-refractivity contribution in [2.24, 2.45) is 5.73 Å². The molecule has 0 bridgehead atoms. The number of hydrogen-bond donors (Lipinski definition) is 2. The fraction of sp³-hybridized carbons (Fsp3) is 0.440. The number of halogens is 3. The van der Waals surface area contributed by atoms with Crippen LogP contribution in [0.3, 0.4) is 0 Å². The number of alkyl halides is 3. The maximum absolute atomic E-state index is 13.6. The third kappa shape index (κ3) is 7.27. The van der Waals surface area contributed by atoms with Gasteiger partial charge in [0.2, 0.25) is 11.9 Å². The quantitative estimate of drug-likeness (QED) is 0.356. The van der Waals surface area contributed by atoms with Gasteiger partial charge in [0, 0.05) is 12.4 Å². The SMILES string of the molecule is CCCC(CCC)n1cc(Nc2ncc(C(F)(F)F)c(CCc3ccccc3CC(N)=O)n2)cn1. The molecule has 35 heavy (non-hydrogen) atoms. The second kappa shape index (κ2) is 11.8. The number of amides is 1. The molecule has 1 aromatic carbocycles. The third-order valence-corrected chi connectivity index (χ3v) is 5.76. The minimum Gasteiger partial charge on any atom is -0.369 e. The predicted molar refractivity (Wildman–Crippen MR) is 128 cm³/mol. The van der Waals surface area contributed by atoms with Gasteiger partial charge in [-0.25, -0.2) is 9.97 Å². The van der Waals surface area contributed by atoms with Crippen LogP contribution in [0.4, 0.5) is 24.8 Å². The summed E-state index contributed by atoms with van der Waals surface area (Å²) in [6.07, 6.45) is 4.05. The Labute approximate surface area is 203 Å². The highest BCUT2D eigenvalue weighted by molar-refractivity contribution is 5.77. The van der Waals surface area contributed by atoms with Gasteiger partial charge in [0.15, 0.2) is 0 Å². The molecule has 0 aliphatic heterocycles. The summed E-state index contributed by atoms with van der Waals surface area (Å²) >= 11 is 0. The number of benzene rings is 1. The second-order valence-corrected chi connectivity index (χ2v) is 8.53. The van der Waals surface area contributed by atoms with Gasteiger partial charge in [0.1, 0.15) is 0 Å². The summed E-state index contributed by atoms with van der Waals surface area (Å²) in [6, 6.07) is 7.34. The first-order valence-electron chi connectivity index (χ1n) is 11.8. The Hall–Kier alpha value is -3.43. The summed E-state index contributed by atoms with van der Waals surface area (Å²) < 4.78 is 42.8. The van der Waals surface area contributed by atoms with E-state index in [2.05, 4.69) is 34.2 Å². The summed E-state index contributed by atoms with van der Waals surface area (Å²) in [5.41, 5.74) is 6.37. The molecular formula is C25H31F3N6O. The third-order valence-electron chi connectivity index (χ3n) is 5.76. The Bertz CT molecular complexity index is 1120. The topological polar surface area (TPSA) is 98.7 Å². The number of primary amides is 1. The van der Waals surface area contributed by atoms with Crippen LogP contribution in [0.15, 0.2) is 42.9 Å². The number of aryl methyl sites for hydroxylation is 2. The standard InChI is InChI=1S/C25H31F3N6O/c1-3-7-20(8-4-2)34-16-19(14-31-34)32-24-30-15-21(25(26,27)28)22(33-24)12-11-17-9-5-6-10-18(17)13-23(29)35/h5-6,9-10,14-16,20H,3-4,7-8,11-13H2,1-2H3,(H2,29,35)(H,30,32,33). The summed E-state index contributed by atoms with van der Waals surface area (Å²) in [7, 11) is 0. The van der Waals surface area contributed by atoms with E-state index in [-0.39, 0.29) is 36.9 Å². The van der Waals surface area contributed by atoms with E-state index < -0.39 is 17.6 Å². The monoisotopic (exact) mass is 488 g/mol. The van der Waals surface area contributed by atoms with Crippen molar-refractivity contribution in [1.82, 2.24) is 19.7 Å². The zero-order valence-electron chi connectivity index (χ0n) is 20.0. The first-order chi connectivity index (χ1) is 16.7. The van der Waals surface area contributed by atoms with Gasteiger partial charge in [-0.15, -0.1) is 0 Å². The molecular weight excluding hydrogens is 457 g/mol. The summed E-state index contributed by atoms with van der Waals surface area (Å²) in [6.45, 7) is 4.24. The molecule has 0 radical (unpaired) electrons. The predicted octanol–water partition coefficient (Wildman–Crippen LogP) is 5.39. The van der Waals surface area contributed by atoms with Gasteiger partial charge in [-0.05, 0) is 36.8 Å². The number of carbonyl (C=O) groups is 1. The van der Waals surface area contributed by atoms with Gasteiger partial charge >= 0.3 is 6.18 Å². The van der Waals surface area contributed by atoms with Gasteiger partial charge in [-0.3, -0.25) is 9.48 Å². The Morgan fingerprint density at radius 3 is 2.40 bits per heavy atom. The van der Waals surface area contributed by atoms with E-state index in [1.807, 2.05) is 10.9 Å². The van der Waals surface area contributed by atoms with Crippen LogP contribution in [0, 0.1) is 0 Å². The summed E-state index contributed by atoms with van der Waals surface area (Å²) in [5, 5.41) is 7.40. The number of nitrogens with zero attached hydrogens (tertiary/aromatic N) is 4. The lowest BCUT2D eigenvalue weighted by atomic mass is 9.98. The lowest BCUT2D eigenvalue weighted by Gasteiger charge is -2.15. The molecule has 7 nitrogen and oxygen atoms in total. The number of nitrogens with two attached hydrogens (primary N) is 1. The zero-order chi connectivity index (χ0) is 25.4. The van der Waals surface area contributed by atoms with Gasteiger partial charge < -0.3 is 11.1 Å². The Balaban J connectivity index is 1.82. The smallest absolute Gasteiger partial charge is 0.369 e. The van der Waals surface area contributed by atoms with Crippen molar-refractivity contribution in [3.8, 4) is 0 Å². The maximum atomic E-state index is 13.6. The molecule has 3 rings (SSSR count).